The first kappa shape index (κ1) is 10.5. The first-order valence-electron chi connectivity index (χ1n) is 5.21. The third kappa shape index (κ3) is 2.96. The highest BCUT2D eigenvalue weighted by molar-refractivity contribution is 6.27. The molecule has 1 aromatic carbocycles. The zero-order chi connectivity index (χ0) is 10.7. The summed E-state index contributed by atoms with van der Waals surface area (Å²) in [5.74, 6) is 0.694. The van der Waals surface area contributed by atoms with Crippen molar-refractivity contribution in [2.45, 2.75) is 25.3 Å². The Balaban J connectivity index is 1.89. The summed E-state index contributed by atoms with van der Waals surface area (Å²) in [7, 11) is 0. The molecule has 0 unspecified atom stereocenters. The van der Waals surface area contributed by atoms with Crippen LogP contribution in [0.25, 0.3) is 0 Å². The van der Waals surface area contributed by atoms with Gasteiger partial charge in [-0.05, 0) is 29.9 Å². The van der Waals surface area contributed by atoms with Crippen LogP contribution < -0.4 is 5.32 Å². The van der Waals surface area contributed by atoms with Gasteiger partial charge in [0.15, 0.2) is 0 Å². The molecule has 0 saturated heterocycles. The third-order valence-electron chi connectivity index (χ3n) is 2.64. The highest BCUT2D eigenvalue weighted by Gasteiger charge is 2.22. The third-order valence-corrected chi connectivity index (χ3v) is 2.88. The number of benzene rings is 1. The molecule has 0 spiro atoms. The van der Waals surface area contributed by atoms with Crippen LogP contribution in [0.2, 0.25) is 0 Å². The molecule has 1 saturated carbocycles. The molecule has 1 aliphatic carbocycles. The van der Waals surface area contributed by atoms with Crippen molar-refractivity contribution in [3.63, 3.8) is 0 Å². The zero-order valence-corrected chi connectivity index (χ0v) is 9.26. The van der Waals surface area contributed by atoms with Crippen LogP contribution in [-0.2, 0) is 11.3 Å². The van der Waals surface area contributed by atoms with Gasteiger partial charge >= 0.3 is 0 Å². The molecule has 15 heavy (non-hydrogen) atoms. The fourth-order valence-electron chi connectivity index (χ4n) is 1.57. The smallest absolute Gasteiger partial charge is 0.235 e. The van der Waals surface area contributed by atoms with E-state index in [0.29, 0.717) is 6.54 Å². The minimum absolute atomic E-state index is 0.0279. The van der Waals surface area contributed by atoms with Crippen LogP contribution in [0, 0.1) is 0 Å². The maximum atomic E-state index is 10.9. The number of hydrogen-bond donors (Lipinski definition) is 1. The number of alkyl halides is 1. The van der Waals surface area contributed by atoms with Crippen molar-refractivity contribution in [3.05, 3.63) is 35.4 Å². The van der Waals surface area contributed by atoms with Gasteiger partial charge in [-0.3, -0.25) is 4.79 Å². The maximum Gasteiger partial charge on any atom is 0.235 e. The van der Waals surface area contributed by atoms with Crippen molar-refractivity contribution in [3.8, 4) is 0 Å². The highest BCUT2D eigenvalue weighted by Crippen LogP contribution is 2.39. The molecule has 0 aromatic heterocycles. The van der Waals surface area contributed by atoms with Gasteiger partial charge in [0.05, 0.1) is 0 Å². The summed E-state index contributed by atoms with van der Waals surface area (Å²) in [5.41, 5.74) is 2.54. The molecule has 0 heterocycles. The Morgan fingerprint density at radius 1 is 1.33 bits per heavy atom. The number of carbonyl (C=O) groups excluding carboxylic acids is 1. The van der Waals surface area contributed by atoms with E-state index in [0.717, 1.165) is 11.5 Å². The van der Waals surface area contributed by atoms with E-state index in [4.69, 9.17) is 11.6 Å². The quantitative estimate of drug-likeness (QED) is 0.781. The molecule has 80 valence electrons. The second-order valence-corrected chi connectivity index (χ2v) is 4.19. The number of nitrogens with one attached hydrogen (secondary N) is 1. The molecule has 2 rings (SSSR count). The van der Waals surface area contributed by atoms with Crippen molar-refractivity contribution in [1.82, 2.24) is 5.32 Å². The van der Waals surface area contributed by atoms with Crippen LogP contribution >= 0.6 is 11.6 Å². The lowest BCUT2D eigenvalue weighted by molar-refractivity contribution is -0.118. The molecule has 1 fully saturated rings. The normalized spacial score (nSPS) is 15.0. The predicted molar refractivity (Wildman–Crippen MR) is 61.0 cm³/mol. The molecule has 1 aromatic rings. The van der Waals surface area contributed by atoms with Crippen molar-refractivity contribution in [2.75, 3.05) is 5.88 Å². The molecule has 1 N–H and O–H groups in total. The second kappa shape index (κ2) is 4.67. The molecule has 1 amide bonds. The molecule has 0 atom stereocenters. The van der Waals surface area contributed by atoms with E-state index in [1.54, 1.807) is 0 Å². The second-order valence-electron chi connectivity index (χ2n) is 3.93. The van der Waals surface area contributed by atoms with Crippen LogP contribution in [0.4, 0.5) is 0 Å². The summed E-state index contributed by atoms with van der Waals surface area (Å²) in [6.07, 6.45) is 2.64. The standard InChI is InChI=1S/C12H14ClNO/c13-7-12(15)14-8-9-1-3-10(4-2-9)11-5-6-11/h1-4,11H,5-8H2,(H,14,15). The first-order chi connectivity index (χ1) is 7.29. The van der Waals surface area contributed by atoms with Gasteiger partial charge in [0.2, 0.25) is 5.91 Å². The average molecular weight is 224 g/mol. The first-order valence-corrected chi connectivity index (χ1v) is 5.74. The lowest BCUT2D eigenvalue weighted by Gasteiger charge is -2.04. The molecule has 1 aliphatic rings. The zero-order valence-electron chi connectivity index (χ0n) is 8.50. The summed E-state index contributed by atoms with van der Waals surface area (Å²) >= 11 is 5.38. The Kier molecular flexibility index (Phi) is 3.27. The van der Waals surface area contributed by atoms with Gasteiger partial charge < -0.3 is 5.32 Å². The average Bonchev–Trinajstić information content (AvgIpc) is 3.10. The molecule has 3 heteroatoms. The van der Waals surface area contributed by atoms with Crippen molar-refractivity contribution in [2.24, 2.45) is 0 Å². The van der Waals surface area contributed by atoms with Crippen molar-refractivity contribution < 1.29 is 4.79 Å². The largest absolute Gasteiger partial charge is 0.351 e. The maximum absolute atomic E-state index is 10.9. The number of halogens is 1. The molecular formula is C12H14ClNO. The van der Waals surface area contributed by atoms with E-state index in [2.05, 4.69) is 29.6 Å². The minimum atomic E-state index is -0.122. The fourth-order valence-corrected chi connectivity index (χ4v) is 1.67. The molecular weight excluding hydrogens is 210 g/mol. The minimum Gasteiger partial charge on any atom is -0.351 e. The van der Waals surface area contributed by atoms with Gasteiger partial charge in [-0.1, -0.05) is 24.3 Å². The SMILES string of the molecule is O=C(CCl)NCc1ccc(C2CC2)cc1. The Bertz CT molecular complexity index is 343. The van der Waals surface area contributed by atoms with Crippen molar-refractivity contribution in [1.29, 1.82) is 0 Å². The van der Waals surface area contributed by atoms with Gasteiger partial charge in [-0.15, -0.1) is 11.6 Å². The van der Waals surface area contributed by atoms with E-state index in [9.17, 15) is 4.79 Å². The van der Waals surface area contributed by atoms with E-state index in [-0.39, 0.29) is 11.8 Å². The van der Waals surface area contributed by atoms with E-state index < -0.39 is 0 Å². The highest BCUT2D eigenvalue weighted by atomic mass is 35.5. The fraction of sp³-hybridized carbons (Fsp3) is 0.417. The molecule has 2 nitrogen and oxygen atoms in total. The van der Waals surface area contributed by atoms with E-state index >= 15 is 0 Å². The van der Waals surface area contributed by atoms with Gasteiger partial charge in [-0.25, -0.2) is 0 Å². The van der Waals surface area contributed by atoms with Crippen LogP contribution in [0.15, 0.2) is 24.3 Å². The summed E-state index contributed by atoms with van der Waals surface area (Å²) in [4.78, 5) is 10.9. The van der Waals surface area contributed by atoms with Crippen LogP contribution in [-0.4, -0.2) is 11.8 Å². The molecule has 0 radical (unpaired) electrons. The predicted octanol–water partition coefficient (Wildman–Crippen LogP) is 2.42. The number of hydrogen-bond acceptors (Lipinski definition) is 1. The molecule has 0 aliphatic heterocycles. The monoisotopic (exact) mass is 223 g/mol. The number of amides is 1. The Hall–Kier alpha value is -1.02. The van der Waals surface area contributed by atoms with Crippen LogP contribution in [0.1, 0.15) is 29.9 Å². The summed E-state index contributed by atoms with van der Waals surface area (Å²) in [5, 5.41) is 2.74. The Labute approximate surface area is 94.6 Å². The van der Waals surface area contributed by atoms with Gasteiger partial charge in [0, 0.05) is 6.54 Å². The van der Waals surface area contributed by atoms with Crippen LogP contribution in [0.3, 0.4) is 0 Å². The van der Waals surface area contributed by atoms with E-state index in [1.807, 2.05) is 0 Å². The summed E-state index contributed by atoms with van der Waals surface area (Å²) < 4.78 is 0. The number of rotatable bonds is 4. The van der Waals surface area contributed by atoms with Crippen LogP contribution in [0.5, 0.6) is 0 Å². The topological polar surface area (TPSA) is 29.1 Å². The molecule has 0 bridgehead atoms. The van der Waals surface area contributed by atoms with Gasteiger partial charge in [-0.2, -0.15) is 0 Å². The van der Waals surface area contributed by atoms with E-state index in [1.165, 1.54) is 18.4 Å². The Morgan fingerprint density at radius 2 is 2.00 bits per heavy atom. The Morgan fingerprint density at radius 3 is 2.53 bits per heavy atom. The lowest BCUT2D eigenvalue weighted by Crippen LogP contribution is -2.23. The summed E-state index contributed by atoms with van der Waals surface area (Å²) in [6.45, 7) is 0.566. The van der Waals surface area contributed by atoms with Gasteiger partial charge in [0.1, 0.15) is 5.88 Å². The van der Waals surface area contributed by atoms with Gasteiger partial charge in [0.25, 0.3) is 0 Å². The lowest BCUT2D eigenvalue weighted by atomic mass is 10.1. The summed E-state index contributed by atoms with van der Waals surface area (Å²) in [6, 6.07) is 8.45. The van der Waals surface area contributed by atoms with Crippen molar-refractivity contribution >= 4 is 17.5 Å². The number of carbonyl (C=O) groups is 1.